The van der Waals surface area contributed by atoms with Crippen molar-refractivity contribution < 1.29 is 9.66 Å². The van der Waals surface area contributed by atoms with Crippen LogP contribution in [0.15, 0.2) is 29.4 Å². The Hall–Kier alpha value is -2.10. The van der Waals surface area contributed by atoms with E-state index in [1.807, 2.05) is 0 Å². The van der Waals surface area contributed by atoms with Crippen LogP contribution >= 0.6 is 12.2 Å². The van der Waals surface area contributed by atoms with E-state index in [0.29, 0.717) is 16.4 Å². The van der Waals surface area contributed by atoms with E-state index in [1.165, 1.54) is 12.1 Å². The molecule has 0 aliphatic carbocycles. The molecule has 1 heterocycles. The van der Waals surface area contributed by atoms with E-state index in [9.17, 15) is 10.1 Å². The number of nitrogens with zero attached hydrogens (tertiary/aromatic N) is 3. The van der Waals surface area contributed by atoms with Crippen LogP contribution in [0.1, 0.15) is 18.9 Å². The number of thiocarbonyl (C=S) groups is 1. The van der Waals surface area contributed by atoms with Crippen LogP contribution in [0.2, 0.25) is 0 Å². The highest BCUT2D eigenvalue weighted by atomic mass is 32.1. The van der Waals surface area contributed by atoms with Gasteiger partial charge in [-0.15, -0.1) is 0 Å². The van der Waals surface area contributed by atoms with Gasteiger partial charge in [0.15, 0.2) is 5.11 Å². The fraction of sp³-hybridized carbons (Fsp3) is 0.500. The summed E-state index contributed by atoms with van der Waals surface area (Å²) in [6, 6.07) is 6.34. The minimum absolute atomic E-state index is 0.0378. The molecule has 1 fully saturated rings. The van der Waals surface area contributed by atoms with Gasteiger partial charge in [0.2, 0.25) is 0 Å². The van der Waals surface area contributed by atoms with Gasteiger partial charge in [-0.05, 0) is 32.1 Å². The Labute approximate surface area is 152 Å². The molecule has 2 rings (SSSR count). The first kappa shape index (κ1) is 19.2. The van der Waals surface area contributed by atoms with E-state index in [0.717, 1.165) is 45.8 Å². The van der Waals surface area contributed by atoms with Gasteiger partial charge in [0, 0.05) is 37.3 Å². The Morgan fingerprint density at radius 3 is 2.92 bits per heavy atom. The number of rotatable bonds is 7. The number of hydrazone groups is 1. The lowest BCUT2D eigenvalue weighted by Crippen LogP contribution is -2.39. The lowest BCUT2D eigenvalue weighted by Gasteiger charge is -2.26. The second-order valence-electron chi connectivity index (χ2n) is 5.68. The third-order valence-electron chi connectivity index (χ3n) is 3.84. The number of ether oxygens (including phenoxy) is 1. The van der Waals surface area contributed by atoms with E-state index < -0.39 is 4.92 Å². The van der Waals surface area contributed by atoms with Gasteiger partial charge in [-0.2, -0.15) is 5.10 Å². The number of nitro groups is 1. The van der Waals surface area contributed by atoms with Gasteiger partial charge < -0.3 is 10.1 Å². The average molecular weight is 365 g/mol. The summed E-state index contributed by atoms with van der Waals surface area (Å²) in [6.07, 6.45) is 0.982. The minimum Gasteiger partial charge on any atom is -0.379 e. The summed E-state index contributed by atoms with van der Waals surface area (Å²) < 4.78 is 5.32. The fourth-order valence-corrected chi connectivity index (χ4v) is 2.56. The van der Waals surface area contributed by atoms with Gasteiger partial charge in [-0.1, -0.05) is 12.1 Å². The van der Waals surface area contributed by atoms with Gasteiger partial charge in [-0.25, -0.2) is 0 Å². The van der Waals surface area contributed by atoms with Gasteiger partial charge in [-0.3, -0.25) is 20.4 Å². The molecule has 9 heteroatoms. The van der Waals surface area contributed by atoms with Crippen molar-refractivity contribution in [3.63, 3.8) is 0 Å². The Morgan fingerprint density at radius 2 is 2.20 bits per heavy atom. The maximum Gasteiger partial charge on any atom is 0.270 e. The molecule has 0 bridgehead atoms. The lowest BCUT2D eigenvalue weighted by molar-refractivity contribution is -0.384. The van der Waals surface area contributed by atoms with Gasteiger partial charge in [0.1, 0.15) is 0 Å². The van der Waals surface area contributed by atoms with Gasteiger partial charge in [0.25, 0.3) is 5.69 Å². The second-order valence-corrected chi connectivity index (χ2v) is 6.09. The maximum absolute atomic E-state index is 10.8. The van der Waals surface area contributed by atoms with Crippen molar-refractivity contribution >= 4 is 28.7 Å². The van der Waals surface area contributed by atoms with Crippen molar-refractivity contribution in [1.82, 2.24) is 15.6 Å². The smallest absolute Gasteiger partial charge is 0.270 e. The van der Waals surface area contributed by atoms with E-state index in [2.05, 4.69) is 20.7 Å². The number of benzene rings is 1. The Kier molecular flexibility index (Phi) is 7.71. The highest BCUT2D eigenvalue weighted by Gasteiger charge is 2.09. The normalized spacial score (nSPS) is 15.6. The first-order chi connectivity index (χ1) is 12.1. The summed E-state index contributed by atoms with van der Waals surface area (Å²) in [4.78, 5) is 12.8. The van der Waals surface area contributed by atoms with Crippen molar-refractivity contribution in [3.8, 4) is 0 Å². The van der Waals surface area contributed by atoms with Crippen LogP contribution in [-0.2, 0) is 4.74 Å². The zero-order valence-corrected chi connectivity index (χ0v) is 15.1. The van der Waals surface area contributed by atoms with E-state index >= 15 is 0 Å². The molecule has 1 aliphatic rings. The summed E-state index contributed by atoms with van der Waals surface area (Å²) in [5.74, 6) is 0. The van der Waals surface area contributed by atoms with E-state index in [-0.39, 0.29) is 5.69 Å². The zero-order valence-electron chi connectivity index (χ0n) is 14.2. The standard InChI is InChI=1S/C16H23N5O3S/c1-13(14-4-2-5-15(12-14)21(22)23)18-19-16(25)17-6-3-7-20-8-10-24-11-9-20/h2,4-5,12H,3,6-11H2,1H3,(H2,17,19,25)/b18-13+. The average Bonchev–Trinajstić information content (AvgIpc) is 2.64. The van der Waals surface area contributed by atoms with Crippen LogP contribution in [0.3, 0.4) is 0 Å². The lowest BCUT2D eigenvalue weighted by atomic mass is 10.1. The third-order valence-corrected chi connectivity index (χ3v) is 4.08. The Morgan fingerprint density at radius 1 is 1.44 bits per heavy atom. The quantitative estimate of drug-likeness (QED) is 0.249. The van der Waals surface area contributed by atoms with Crippen LogP contribution in [0.5, 0.6) is 0 Å². The summed E-state index contributed by atoms with van der Waals surface area (Å²) in [5.41, 5.74) is 4.11. The monoisotopic (exact) mass is 365 g/mol. The highest BCUT2D eigenvalue weighted by Crippen LogP contribution is 2.13. The molecule has 0 aromatic heterocycles. The van der Waals surface area contributed by atoms with Crippen molar-refractivity contribution in [1.29, 1.82) is 0 Å². The molecule has 0 atom stereocenters. The van der Waals surface area contributed by atoms with Crippen LogP contribution in [0.4, 0.5) is 5.69 Å². The zero-order chi connectivity index (χ0) is 18.1. The van der Waals surface area contributed by atoms with Gasteiger partial charge >= 0.3 is 0 Å². The summed E-state index contributed by atoms with van der Waals surface area (Å²) in [5, 5.41) is 18.5. The predicted molar refractivity (Wildman–Crippen MR) is 101 cm³/mol. The number of morpholine rings is 1. The third kappa shape index (κ3) is 6.73. The first-order valence-electron chi connectivity index (χ1n) is 8.19. The van der Waals surface area contributed by atoms with Crippen molar-refractivity contribution in [2.45, 2.75) is 13.3 Å². The number of hydrogen-bond acceptors (Lipinski definition) is 6. The molecule has 1 saturated heterocycles. The molecule has 0 unspecified atom stereocenters. The SMILES string of the molecule is C/C(=N\NC(=S)NCCCN1CCOCC1)c1cccc([N+](=O)[O-])c1. The molecule has 0 radical (unpaired) electrons. The van der Waals surface area contributed by atoms with Crippen LogP contribution in [-0.4, -0.2) is 60.0 Å². The van der Waals surface area contributed by atoms with Crippen molar-refractivity contribution in [3.05, 3.63) is 39.9 Å². The second kappa shape index (κ2) is 10.0. The molecule has 1 aromatic rings. The molecule has 0 saturated carbocycles. The molecule has 2 N–H and O–H groups in total. The van der Waals surface area contributed by atoms with Gasteiger partial charge in [0.05, 0.1) is 23.8 Å². The minimum atomic E-state index is -0.426. The first-order valence-corrected chi connectivity index (χ1v) is 8.60. The molecule has 0 amide bonds. The predicted octanol–water partition coefficient (Wildman–Crippen LogP) is 1.51. The number of non-ortho nitro benzene ring substituents is 1. The largest absolute Gasteiger partial charge is 0.379 e. The molecular formula is C16H23N5O3S. The maximum atomic E-state index is 10.8. The van der Waals surface area contributed by atoms with E-state index in [4.69, 9.17) is 17.0 Å². The molecule has 1 aliphatic heterocycles. The Bertz CT molecular complexity index is 632. The molecular weight excluding hydrogens is 342 g/mol. The number of nitro benzene ring substituents is 1. The number of nitrogens with one attached hydrogen (secondary N) is 2. The van der Waals surface area contributed by atoms with Crippen LogP contribution in [0, 0.1) is 10.1 Å². The fourth-order valence-electron chi connectivity index (χ4n) is 2.41. The summed E-state index contributed by atoms with van der Waals surface area (Å²) in [6.45, 7) is 7.11. The molecule has 8 nitrogen and oxygen atoms in total. The topological polar surface area (TPSA) is 92.0 Å². The Balaban J connectivity index is 1.71. The summed E-state index contributed by atoms with van der Waals surface area (Å²) >= 11 is 5.19. The molecule has 0 spiro atoms. The van der Waals surface area contributed by atoms with Crippen molar-refractivity contribution in [2.75, 3.05) is 39.4 Å². The van der Waals surface area contributed by atoms with Crippen molar-refractivity contribution in [2.24, 2.45) is 5.10 Å². The molecule has 136 valence electrons. The van der Waals surface area contributed by atoms with Crippen LogP contribution in [0.25, 0.3) is 0 Å². The van der Waals surface area contributed by atoms with Crippen LogP contribution < -0.4 is 10.7 Å². The summed E-state index contributed by atoms with van der Waals surface area (Å²) in [7, 11) is 0. The molecule has 25 heavy (non-hydrogen) atoms. The highest BCUT2D eigenvalue weighted by molar-refractivity contribution is 7.80. The van der Waals surface area contributed by atoms with E-state index in [1.54, 1.807) is 19.1 Å². The molecule has 1 aromatic carbocycles. The number of hydrogen-bond donors (Lipinski definition) is 2.